The summed E-state index contributed by atoms with van der Waals surface area (Å²) in [6, 6.07) is 7.03. The third kappa shape index (κ3) is 4.80. The average Bonchev–Trinajstić information content (AvgIpc) is 2.97. The molecule has 0 aliphatic rings. The molecule has 0 aliphatic heterocycles. The lowest BCUT2D eigenvalue weighted by Crippen LogP contribution is -2.19. The highest BCUT2D eigenvalue weighted by Gasteiger charge is 2.11. The predicted molar refractivity (Wildman–Crippen MR) is 82.4 cm³/mol. The number of carbonyl (C=O) groups excluding carboxylic acids is 1. The van der Waals surface area contributed by atoms with E-state index in [4.69, 9.17) is 9.84 Å². The molecule has 0 radical (unpaired) electrons. The van der Waals surface area contributed by atoms with Gasteiger partial charge in [-0.2, -0.15) is 0 Å². The Balaban J connectivity index is 1.90. The standard InChI is InChI=1S/C15H18N4O4/c1-3-10(2)23-12-6-4-11(5-7-12)16-14(20)9-19-8-13(15(21)22)17-18-19/h4-8,10H,3,9H2,1-2H3,(H,16,20)(H,21,22). The Labute approximate surface area is 133 Å². The average molecular weight is 318 g/mol. The van der Waals surface area contributed by atoms with Gasteiger partial charge in [0.1, 0.15) is 12.3 Å². The number of ether oxygens (including phenoxy) is 1. The molecule has 8 heteroatoms. The summed E-state index contributed by atoms with van der Waals surface area (Å²) >= 11 is 0. The lowest BCUT2D eigenvalue weighted by molar-refractivity contribution is -0.116. The van der Waals surface area contributed by atoms with Crippen LogP contribution in [0, 0.1) is 0 Å². The number of carboxylic acids is 1. The summed E-state index contributed by atoms with van der Waals surface area (Å²) in [5, 5.41) is 18.5. The van der Waals surface area contributed by atoms with Crippen molar-refractivity contribution < 1.29 is 19.4 Å². The highest BCUT2D eigenvalue weighted by molar-refractivity contribution is 5.90. The molecule has 0 saturated carbocycles. The van der Waals surface area contributed by atoms with Gasteiger partial charge >= 0.3 is 5.97 Å². The van der Waals surface area contributed by atoms with E-state index in [9.17, 15) is 9.59 Å². The molecular formula is C15H18N4O4. The first-order valence-corrected chi connectivity index (χ1v) is 7.18. The van der Waals surface area contributed by atoms with Crippen molar-refractivity contribution in [2.45, 2.75) is 32.9 Å². The number of benzene rings is 1. The van der Waals surface area contributed by atoms with Gasteiger partial charge < -0.3 is 15.2 Å². The van der Waals surface area contributed by atoms with E-state index in [0.29, 0.717) is 5.69 Å². The van der Waals surface area contributed by atoms with Crippen LogP contribution in [0.4, 0.5) is 5.69 Å². The number of carboxylic acid groups (broad SMARTS) is 1. The van der Waals surface area contributed by atoms with Crippen molar-refractivity contribution in [3.05, 3.63) is 36.2 Å². The fourth-order valence-corrected chi connectivity index (χ4v) is 1.75. The first-order chi connectivity index (χ1) is 11.0. The summed E-state index contributed by atoms with van der Waals surface area (Å²) in [4.78, 5) is 22.6. The van der Waals surface area contributed by atoms with Gasteiger partial charge in [-0.15, -0.1) is 5.10 Å². The van der Waals surface area contributed by atoms with E-state index in [1.165, 1.54) is 10.9 Å². The van der Waals surface area contributed by atoms with Crippen LogP contribution in [0.3, 0.4) is 0 Å². The van der Waals surface area contributed by atoms with Crippen molar-refractivity contribution >= 4 is 17.6 Å². The van der Waals surface area contributed by atoms with Crippen LogP contribution in [0.1, 0.15) is 30.8 Å². The van der Waals surface area contributed by atoms with Crippen LogP contribution in [-0.4, -0.2) is 38.1 Å². The van der Waals surface area contributed by atoms with Crippen LogP contribution in [0.25, 0.3) is 0 Å². The van der Waals surface area contributed by atoms with E-state index in [2.05, 4.69) is 15.6 Å². The third-order valence-corrected chi connectivity index (χ3v) is 3.11. The number of carbonyl (C=O) groups is 2. The largest absolute Gasteiger partial charge is 0.491 e. The second-order valence-electron chi connectivity index (χ2n) is 5.02. The topological polar surface area (TPSA) is 106 Å². The molecule has 1 atom stereocenters. The number of anilines is 1. The van der Waals surface area contributed by atoms with Gasteiger partial charge in [0.15, 0.2) is 5.69 Å². The lowest BCUT2D eigenvalue weighted by Gasteiger charge is -2.13. The molecule has 1 unspecified atom stereocenters. The van der Waals surface area contributed by atoms with Crippen molar-refractivity contribution in [2.75, 3.05) is 5.32 Å². The molecule has 1 aromatic heterocycles. The maximum atomic E-state index is 11.9. The van der Waals surface area contributed by atoms with E-state index in [1.807, 2.05) is 13.8 Å². The zero-order valence-corrected chi connectivity index (χ0v) is 12.9. The molecule has 1 amide bonds. The van der Waals surface area contributed by atoms with Crippen molar-refractivity contribution in [1.29, 1.82) is 0 Å². The molecule has 0 bridgehead atoms. The fourth-order valence-electron chi connectivity index (χ4n) is 1.75. The number of nitrogens with one attached hydrogen (secondary N) is 1. The minimum Gasteiger partial charge on any atom is -0.491 e. The van der Waals surface area contributed by atoms with Gasteiger partial charge in [-0.1, -0.05) is 12.1 Å². The SMILES string of the molecule is CCC(C)Oc1ccc(NC(=O)Cn2cc(C(=O)O)nn2)cc1. The first-order valence-electron chi connectivity index (χ1n) is 7.18. The summed E-state index contributed by atoms with van der Waals surface area (Å²) in [6.45, 7) is 3.91. The van der Waals surface area contributed by atoms with Crippen molar-refractivity contribution in [1.82, 2.24) is 15.0 Å². The number of amides is 1. The summed E-state index contributed by atoms with van der Waals surface area (Å²) in [5.74, 6) is -0.782. The van der Waals surface area contributed by atoms with Crippen LogP contribution in [0.15, 0.2) is 30.5 Å². The van der Waals surface area contributed by atoms with Gasteiger partial charge in [-0.25, -0.2) is 9.48 Å². The van der Waals surface area contributed by atoms with Crippen LogP contribution in [0.5, 0.6) is 5.75 Å². The molecular weight excluding hydrogens is 300 g/mol. The molecule has 0 saturated heterocycles. The lowest BCUT2D eigenvalue weighted by atomic mass is 10.2. The van der Waals surface area contributed by atoms with E-state index in [0.717, 1.165) is 12.2 Å². The third-order valence-electron chi connectivity index (χ3n) is 3.11. The molecule has 0 fully saturated rings. The minimum absolute atomic E-state index is 0.120. The summed E-state index contributed by atoms with van der Waals surface area (Å²) in [5.41, 5.74) is 0.412. The first kappa shape index (κ1) is 16.5. The van der Waals surface area contributed by atoms with Gasteiger partial charge in [0, 0.05) is 5.69 Å². The highest BCUT2D eigenvalue weighted by Crippen LogP contribution is 2.17. The van der Waals surface area contributed by atoms with Gasteiger partial charge in [0.05, 0.1) is 12.3 Å². The smallest absolute Gasteiger partial charge is 0.358 e. The molecule has 0 aliphatic carbocycles. The Kier molecular flexibility index (Phi) is 5.29. The van der Waals surface area contributed by atoms with Crippen molar-refractivity contribution in [2.24, 2.45) is 0 Å². The van der Waals surface area contributed by atoms with Crippen molar-refractivity contribution in [3.63, 3.8) is 0 Å². The number of aromatic carboxylic acids is 1. The van der Waals surface area contributed by atoms with Gasteiger partial charge in [0.25, 0.3) is 0 Å². The molecule has 2 N–H and O–H groups in total. The Morgan fingerprint density at radius 1 is 1.35 bits per heavy atom. The Bertz CT molecular complexity index is 681. The molecule has 2 rings (SSSR count). The Morgan fingerprint density at radius 2 is 2.04 bits per heavy atom. The molecule has 0 spiro atoms. The Hall–Kier alpha value is -2.90. The van der Waals surface area contributed by atoms with E-state index < -0.39 is 5.97 Å². The molecule has 23 heavy (non-hydrogen) atoms. The molecule has 1 heterocycles. The number of nitrogens with zero attached hydrogens (tertiary/aromatic N) is 3. The van der Waals surface area contributed by atoms with Crippen LogP contribution >= 0.6 is 0 Å². The number of hydrogen-bond donors (Lipinski definition) is 2. The fraction of sp³-hybridized carbons (Fsp3) is 0.333. The normalized spacial score (nSPS) is 11.7. The van der Waals surface area contributed by atoms with Gasteiger partial charge in [0.2, 0.25) is 5.91 Å². The summed E-state index contributed by atoms with van der Waals surface area (Å²) in [6.07, 6.45) is 2.24. The minimum atomic E-state index is -1.19. The predicted octanol–water partition coefficient (Wildman–Crippen LogP) is 1.79. The zero-order valence-electron chi connectivity index (χ0n) is 12.9. The highest BCUT2D eigenvalue weighted by atomic mass is 16.5. The van der Waals surface area contributed by atoms with E-state index >= 15 is 0 Å². The van der Waals surface area contributed by atoms with Crippen LogP contribution < -0.4 is 10.1 Å². The van der Waals surface area contributed by atoms with E-state index in [-0.39, 0.29) is 24.2 Å². The van der Waals surface area contributed by atoms with Crippen LogP contribution in [-0.2, 0) is 11.3 Å². The quantitative estimate of drug-likeness (QED) is 0.806. The van der Waals surface area contributed by atoms with Gasteiger partial charge in [-0.05, 0) is 37.6 Å². The summed E-state index contributed by atoms with van der Waals surface area (Å²) in [7, 11) is 0. The van der Waals surface area contributed by atoms with Crippen molar-refractivity contribution in [3.8, 4) is 5.75 Å². The van der Waals surface area contributed by atoms with Crippen LogP contribution in [0.2, 0.25) is 0 Å². The molecule has 1 aromatic carbocycles. The van der Waals surface area contributed by atoms with Gasteiger partial charge in [-0.3, -0.25) is 4.79 Å². The maximum absolute atomic E-state index is 11.9. The number of hydrogen-bond acceptors (Lipinski definition) is 5. The second-order valence-corrected chi connectivity index (χ2v) is 5.02. The second kappa shape index (κ2) is 7.39. The zero-order chi connectivity index (χ0) is 16.8. The summed E-state index contributed by atoms with van der Waals surface area (Å²) < 4.78 is 6.82. The Morgan fingerprint density at radius 3 is 2.61 bits per heavy atom. The van der Waals surface area contributed by atoms with E-state index in [1.54, 1.807) is 24.3 Å². The molecule has 122 valence electrons. The number of aromatic nitrogens is 3. The molecule has 8 nitrogen and oxygen atoms in total. The monoisotopic (exact) mass is 318 g/mol. The molecule has 2 aromatic rings. The maximum Gasteiger partial charge on any atom is 0.358 e. The number of rotatable bonds is 7.